The fraction of sp³-hybridized carbons (Fsp3) is 0.192. The number of carbonyl (C=O) groups excluding carboxylic acids is 1. The highest BCUT2D eigenvalue weighted by atomic mass is 32.1. The summed E-state index contributed by atoms with van der Waals surface area (Å²) < 4.78 is 12.3. The van der Waals surface area contributed by atoms with E-state index in [9.17, 15) is 9.90 Å². The van der Waals surface area contributed by atoms with Gasteiger partial charge in [-0.05, 0) is 58.3 Å². The highest BCUT2D eigenvalue weighted by Crippen LogP contribution is 2.39. The van der Waals surface area contributed by atoms with E-state index in [1.54, 1.807) is 11.3 Å². The third-order valence-corrected chi connectivity index (χ3v) is 6.67. The Morgan fingerprint density at radius 1 is 1.09 bits per heavy atom. The monoisotopic (exact) mass is 445 g/mol. The first kappa shape index (κ1) is 20.5. The molecule has 0 aliphatic carbocycles. The molecule has 0 unspecified atom stereocenters. The zero-order chi connectivity index (χ0) is 22.1. The van der Waals surface area contributed by atoms with E-state index < -0.39 is 0 Å². The molecule has 1 aromatic heterocycles. The largest absolute Gasteiger partial charge is 0.487 e. The van der Waals surface area contributed by atoms with Crippen molar-refractivity contribution in [3.8, 4) is 16.9 Å². The Morgan fingerprint density at radius 2 is 1.91 bits per heavy atom. The van der Waals surface area contributed by atoms with E-state index in [4.69, 9.17) is 9.47 Å². The maximum Gasteiger partial charge on any atom is 0.338 e. The first-order chi connectivity index (χ1) is 15.7. The quantitative estimate of drug-likeness (QED) is 0.418. The minimum Gasteiger partial charge on any atom is -0.487 e. The second kappa shape index (κ2) is 8.65. The molecule has 5 rings (SSSR count). The molecule has 0 atom stereocenters. The maximum absolute atomic E-state index is 12.6. The summed E-state index contributed by atoms with van der Waals surface area (Å²) in [5.74, 6) is 0.448. The number of ether oxygens (including phenoxy) is 2. The lowest BCUT2D eigenvalue weighted by atomic mass is 9.94. The van der Waals surface area contributed by atoms with E-state index in [1.807, 2.05) is 42.5 Å². The van der Waals surface area contributed by atoms with Gasteiger partial charge in [0.15, 0.2) is 0 Å². The zero-order valence-corrected chi connectivity index (χ0v) is 18.5. The Morgan fingerprint density at radius 3 is 2.66 bits per heavy atom. The lowest BCUT2D eigenvalue weighted by Gasteiger charge is -2.42. The average Bonchev–Trinajstić information content (AvgIpc) is 3.28. The summed E-state index contributed by atoms with van der Waals surface area (Å²) in [6.07, 6.45) is 0.0596. The van der Waals surface area contributed by atoms with E-state index in [0.717, 1.165) is 41.2 Å². The second-order valence-electron chi connectivity index (χ2n) is 7.81. The second-order valence-corrected chi connectivity index (χ2v) is 8.76. The number of nitrogens with zero attached hydrogens (tertiary/aromatic N) is 1. The predicted octanol–water partition coefficient (Wildman–Crippen LogP) is 5.11. The van der Waals surface area contributed by atoms with Gasteiger partial charge in [-0.2, -0.15) is 0 Å². The molecule has 6 heteroatoms. The third kappa shape index (κ3) is 3.83. The molecule has 1 aliphatic rings. The molecule has 0 spiro atoms. The molecule has 3 aromatic carbocycles. The van der Waals surface area contributed by atoms with Crippen LogP contribution in [0.3, 0.4) is 0 Å². The van der Waals surface area contributed by atoms with Crippen LogP contribution in [0.15, 0.2) is 72.1 Å². The standard InChI is InChI=1S/C26H23NO4S/c1-30-26(29)22-3-2-4-23(25(22)19-8-7-18-11-12-32-24(18)13-19)27-14-21(15-27)31-20-9-5-17(16-28)6-10-20/h2-13,21,28H,14-16H2,1H3. The molecular formula is C26H23NO4S. The van der Waals surface area contributed by atoms with Crippen molar-refractivity contribution >= 4 is 33.1 Å². The lowest BCUT2D eigenvalue weighted by molar-refractivity contribution is 0.0601. The van der Waals surface area contributed by atoms with Crippen LogP contribution in [0.1, 0.15) is 15.9 Å². The van der Waals surface area contributed by atoms with Crippen LogP contribution < -0.4 is 9.64 Å². The number of thiophene rings is 1. The van der Waals surface area contributed by atoms with Crippen molar-refractivity contribution in [2.24, 2.45) is 0 Å². The first-order valence-corrected chi connectivity index (χ1v) is 11.3. The number of hydrogen-bond donors (Lipinski definition) is 1. The van der Waals surface area contributed by atoms with E-state index in [-0.39, 0.29) is 18.7 Å². The highest BCUT2D eigenvalue weighted by molar-refractivity contribution is 7.17. The number of rotatable bonds is 6. The molecule has 5 nitrogen and oxygen atoms in total. The average molecular weight is 446 g/mol. The molecule has 2 heterocycles. The number of carbonyl (C=O) groups is 1. The Balaban J connectivity index is 1.43. The van der Waals surface area contributed by atoms with Crippen LogP contribution in [-0.4, -0.2) is 37.4 Å². The molecule has 1 N–H and O–H groups in total. The predicted molar refractivity (Wildman–Crippen MR) is 128 cm³/mol. The number of aliphatic hydroxyl groups excluding tert-OH is 1. The number of fused-ring (bicyclic) bond motifs is 1. The fourth-order valence-corrected chi connectivity index (χ4v) is 4.90. The van der Waals surface area contributed by atoms with Crippen molar-refractivity contribution < 1.29 is 19.4 Å². The van der Waals surface area contributed by atoms with Crippen molar-refractivity contribution in [1.29, 1.82) is 0 Å². The summed E-state index contributed by atoms with van der Waals surface area (Å²) in [6, 6.07) is 21.7. The molecule has 1 fully saturated rings. The number of aliphatic hydroxyl groups is 1. The highest BCUT2D eigenvalue weighted by Gasteiger charge is 2.32. The van der Waals surface area contributed by atoms with Crippen LogP contribution in [0, 0.1) is 0 Å². The molecule has 32 heavy (non-hydrogen) atoms. The van der Waals surface area contributed by atoms with Gasteiger partial charge in [0.25, 0.3) is 0 Å². The van der Waals surface area contributed by atoms with E-state index >= 15 is 0 Å². The SMILES string of the molecule is COC(=O)c1cccc(N2CC(Oc3ccc(CO)cc3)C2)c1-c1ccc2ccsc2c1. The van der Waals surface area contributed by atoms with Gasteiger partial charge in [0.1, 0.15) is 11.9 Å². The molecule has 1 saturated heterocycles. The van der Waals surface area contributed by atoms with Gasteiger partial charge in [-0.1, -0.05) is 30.3 Å². The van der Waals surface area contributed by atoms with Gasteiger partial charge in [0.05, 0.1) is 32.4 Å². The number of esters is 1. The number of anilines is 1. The lowest BCUT2D eigenvalue weighted by Crippen LogP contribution is -2.54. The van der Waals surface area contributed by atoms with E-state index in [0.29, 0.717) is 5.56 Å². The summed E-state index contributed by atoms with van der Waals surface area (Å²) in [5.41, 5.74) is 4.31. The molecule has 162 valence electrons. The van der Waals surface area contributed by atoms with Gasteiger partial charge in [0.2, 0.25) is 0 Å². The van der Waals surface area contributed by atoms with Gasteiger partial charge in [-0.15, -0.1) is 11.3 Å². The van der Waals surface area contributed by atoms with Crippen molar-refractivity contribution in [2.75, 3.05) is 25.1 Å². The van der Waals surface area contributed by atoms with Gasteiger partial charge in [0, 0.05) is 16.0 Å². The fourth-order valence-electron chi connectivity index (χ4n) is 4.07. The van der Waals surface area contributed by atoms with Crippen molar-refractivity contribution in [1.82, 2.24) is 0 Å². The van der Waals surface area contributed by atoms with Crippen LogP contribution in [0.25, 0.3) is 21.2 Å². The number of benzene rings is 3. The first-order valence-electron chi connectivity index (χ1n) is 10.5. The Kier molecular flexibility index (Phi) is 5.55. The summed E-state index contributed by atoms with van der Waals surface area (Å²) in [7, 11) is 1.41. The van der Waals surface area contributed by atoms with Gasteiger partial charge in [-0.3, -0.25) is 0 Å². The topological polar surface area (TPSA) is 59.0 Å². The van der Waals surface area contributed by atoms with Gasteiger partial charge >= 0.3 is 5.97 Å². The molecule has 0 radical (unpaired) electrons. The van der Waals surface area contributed by atoms with Crippen LogP contribution in [0.4, 0.5) is 5.69 Å². The summed E-state index contributed by atoms with van der Waals surface area (Å²) in [5, 5.41) is 12.5. The molecule has 0 amide bonds. The van der Waals surface area contributed by atoms with Gasteiger partial charge < -0.3 is 19.5 Å². The zero-order valence-electron chi connectivity index (χ0n) is 17.7. The normalized spacial score (nSPS) is 13.8. The van der Waals surface area contributed by atoms with E-state index in [1.165, 1.54) is 17.2 Å². The smallest absolute Gasteiger partial charge is 0.338 e. The molecule has 4 aromatic rings. The molecule has 0 bridgehead atoms. The number of methoxy groups -OCH3 is 1. The minimum atomic E-state index is -0.342. The number of hydrogen-bond acceptors (Lipinski definition) is 6. The van der Waals surface area contributed by atoms with Crippen molar-refractivity contribution in [2.45, 2.75) is 12.7 Å². The minimum absolute atomic E-state index is 0.0219. The molecule has 1 aliphatic heterocycles. The molecule has 0 saturated carbocycles. The Hall–Kier alpha value is -3.35. The third-order valence-electron chi connectivity index (χ3n) is 5.79. The van der Waals surface area contributed by atoms with Crippen LogP contribution in [0.5, 0.6) is 5.75 Å². The van der Waals surface area contributed by atoms with Crippen LogP contribution in [-0.2, 0) is 11.3 Å². The van der Waals surface area contributed by atoms with Crippen molar-refractivity contribution in [3.63, 3.8) is 0 Å². The Bertz CT molecular complexity index is 1260. The summed E-state index contributed by atoms with van der Waals surface area (Å²) in [6.45, 7) is 1.47. The summed E-state index contributed by atoms with van der Waals surface area (Å²) >= 11 is 1.69. The van der Waals surface area contributed by atoms with E-state index in [2.05, 4.69) is 34.5 Å². The Labute approximate surface area is 190 Å². The van der Waals surface area contributed by atoms with Gasteiger partial charge in [-0.25, -0.2) is 4.79 Å². The molecular weight excluding hydrogens is 422 g/mol. The van der Waals surface area contributed by atoms with Crippen LogP contribution >= 0.6 is 11.3 Å². The maximum atomic E-state index is 12.6. The van der Waals surface area contributed by atoms with Crippen LogP contribution in [0.2, 0.25) is 0 Å². The summed E-state index contributed by atoms with van der Waals surface area (Å²) in [4.78, 5) is 14.8. The van der Waals surface area contributed by atoms with Crippen molar-refractivity contribution in [3.05, 3.63) is 83.2 Å².